The Bertz CT molecular complexity index is 861. The second kappa shape index (κ2) is 8.63. The van der Waals surface area contributed by atoms with Crippen LogP contribution in [-0.4, -0.2) is 43.8 Å². The number of amides is 1. The molecule has 1 aromatic carbocycles. The summed E-state index contributed by atoms with van der Waals surface area (Å²) >= 11 is 0. The highest BCUT2D eigenvalue weighted by Gasteiger charge is 2.23. The number of carbonyl (C=O) groups excluding carboxylic acids is 1. The van der Waals surface area contributed by atoms with Gasteiger partial charge in [-0.1, -0.05) is 12.8 Å². The summed E-state index contributed by atoms with van der Waals surface area (Å²) in [5.41, 5.74) is 1.59. The predicted molar refractivity (Wildman–Crippen MR) is 104 cm³/mol. The van der Waals surface area contributed by atoms with Gasteiger partial charge in [-0.2, -0.15) is 0 Å². The van der Waals surface area contributed by atoms with Crippen LogP contribution in [0.15, 0.2) is 53.7 Å². The minimum atomic E-state index is -3.53. The van der Waals surface area contributed by atoms with E-state index in [9.17, 15) is 13.2 Å². The van der Waals surface area contributed by atoms with Crippen molar-refractivity contribution >= 4 is 15.9 Å². The molecule has 0 spiro atoms. The zero-order valence-corrected chi connectivity index (χ0v) is 16.3. The molecule has 1 aliphatic rings. The maximum absolute atomic E-state index is 12.6. The molecule has 144 valence electrons. The molecule has 1 fully saturated rings. The molecule has 1 aliphatic carbocycles. The van der Waals surface area contributed by atoms with Crippen molar-refractivity contribution in [2.24, 2.45) is 0 Å². The molecule has 0 unspecified atom stereocenters. The molecule has 1 saturated carbocycles. The number of hydrogen-bond donors (Lipinski definition) is 1. The summed E-state index contributed by atoms with van der Waals surface area (Å²) in [6.45, 7) is 0.576. The lowest BCUT2D eigenvalue weighted by Crippen LogP contribution is -2.32. The summed E-state index contributed by atoms with van der Waals surface area (Å²) in [4.78, 5) is 18.4. The molecule has 27 heavy (non-hydrogen) atoms. The lowest BCUT2D eigenvalue weighted by atomic mass is 10.1. The molecule has 3 rings (SSSR count). The molecule has 7 heteroatoms. The van der Waals surface area contributed by atoms with Crippen molar-refractivity contribution < 1.29 is 13.2 Å². The van der Waals surface area contributed by atoms with Crippen molar-refractivity contribution in [2.75, 3.05) is 13.6 Å². The number of likely N-dealkylation sites (N-methyl/N-ethyl adjacent to an activating group) is 1. The fourth-order valence-corrected chi connectivity index (χ4v) is 4.58. The zero-order chi connectivity index (χ0) is 19.3. The Balaban J connectivity index is 1.60. The number of benzene rings is 1. The van der Waals surface area contributed by atoms with Crippen molar-refractivity contribution in [2.45, 2.75) is 43.0 Å². The number of nitrogens with one attached hydrogen (secondary N) is 1. The normalized spacial score (nSPS) is 15.0. The van der Waals surface area contributed by atoms with Gasteiger partial charge in [0.25, 0.3) is 5.91 Å². The summed E-state index contributed by atoms with van der Waals surface area (Å²) in [7, 11) is -1.79. The van der Waals surface area contributed by atoms with E-state index >= 15 is 0 Å². The second-order valence-corrected chi connectivity index (χ2v) is 8.67. The highest BCUT2D eigenvalue weighted by Crippen LogP contribution is 2.20. The molecular formula is C20H25N3O3S. The number of sulfonamides is 1. The van der Waals surface area contributed by atoms with Gasteiger partial charge in [0.15, 0.2) is 0 Å². The summed E-state index contributed by atoms with van der Waals surface area (Å²) in [5.74, 6) is -0.128. The summed E-state index contributed by atoms with van der Waals surface area (Å²) in [6, 6.07) is 10.0. The third-order valence-electron chi connectivity index (χ3n) is 4.92. The molecule has 0 atom stereocenters. The molecular weight excluding hydrogens is 362 g/mol. The maximum atomic E-state index is 12.6. The Morgan fingerprint density at radius 3 is 2.37 bits per heavy atom. The quantitative estimate of drug-likeness (QED) is 0.792. The summed E-state index contributed by atoms with van der Waals surface area (Å²) in [6.07, 6.45) is 8.10. The van der Waals surface area contributed by atoms with Crippen molar-refractivity contribution in [3.05, 3.63) is 59.9 Å². The Hall–Kier alpha value is -2.25. The van der Waals surface area contributed by atoms with Gasteiger partial charge in [0.05, 0.1) is 4.90 Å². The van der Waals surface area contributed by atoms with E-state index in [0.29, 0.717) is 12.1 Å². The van der Waals surface area contributed by atoms with Gasteiger partial charge in [-0.05, 0) is 61.2 Å². The monoisotopic (exact) mass is 387 g/mol. The van der Waals surface area contributed by atoms with E-state index < -0.39 is 10.0 Å². The second-order valence-electron chi connectivity index (χ2n) is 6.96. The fraction of sp³-hybridized carbons (Fsp3) is 0.400. The number of aromatic nitrogens is 1. The third kappa shape index (κ3) is 5.14. The Labute approximate surface area is 160 Å². The number of carbonyl (C=O) groups is 1. The molecule has 0 bridgehead atoms. The van der Waals surface area contributed by atoms with E-state index in [1.807, 2.05) is 12.1 Å². The van der Waals surface area contributed by atoms with E-state index in [2.05, 4.69) is 9.71 Å². The Morgan fingerprint density at radius 2 is 1.74 bits per heavy atom. The number of rotatable bonds is 7. The average molecular weight is 388 g/mol. The standard InChI is InChI=1S/C20H25N3O3S/c1-23(15-12-16-10-13-21-14-11-16)20(24)17-6-8-19(9-7-17)27(25,26)22-18-4-2-3-5-18/h6-11,13-14,18,22H,2-5,12,15H2,1H3. The highest BCUT2D eigenvalue weighted by molar-refractivity contribution is 7.89. The van der Waals surface area contributed by atoms with Crippen LogP contribution >= 0.6 is 0 Å². The fourth-order valence-electron chi connectivity index (χ4n) is 3.28. The van der Waals surface area contributed by atoms with Gasteiger partial charge in [-0.15, -0.1) is 0 Å². The number of pyridine rings is 1. The van der Waals surface area contributed by atoms with Gasteiger partial charge < -0.3 is 4.90 Å². The number of hydrogen-bond acceptors (Lipinski definition) is 4. The molecule has 0 saturated heterocycles. The van der Waals surface area contributed by atoms with Gasteiger partial charge in [0.1, 0.15) is 0 Å². The first-order valence-electron chi connectivity index (χ1n) is 9.22. The first-order chi connectivity index (χ1) is 13.0. The van der Waals surface area contributed by atoms with E-state index in [1.165, 1.54) is 12.1 Å². The molecule has 6 nitrogen and oxygen atoms in total. The lowest BCUT2D eigenvalue weighted by Gasteiger charge is -2.17. The van der Waals surface area contributed by atoms with Crippen LogP contribution in [0, 0.1) is 0 Å². The minimum absolute atomic E-state index is 0.0237. The Kier molecular flexibility index (Phi) is 6.23. The van der Waals surface area contributed by atoms with Crippen molar-refractivity contribution in [3.63, 3.8) is 0 Å². The zero-order valence-electron chi connectivity index (χ0n) is 15.5. The molecule has 2 aromatic rings. The van der Waals surface area contributed by atoms with Crippen LogP contribution in [-0.2, 0) is 16.4 Å². The van der Waals surface area contributed by atoms with Crippen molar-refractivity contribution in [3.8, 4) is 0 Å². The van der Waals surface area contributed by atoms with E-state index in [4.69, 9.17) is 0 Å². The SMILES string of the molecule is CN(CCc1ccncc1)C(=O)c1ccc(S(=O)(=O)NC2CCCC2)cc1. The van der Waals surface area contributed by atoms with Gasteiger partial charge in [0, 0.05) is 37.6 Å². The van der Waals surface area contributed by atoms with Crippen LogP contribution in [0.25, 0.3) is 0 Å². The van der Waals surface area contributed by atoms with Gasteiger partial charge in [0.2, 0.25) is 10.0 Å². The highest BCUT2D eigenvalue weighted by atomic mass is 32.2. The number of nitrogens with zero attached hydrogens (tertiary/aromatic N) is 2. The van der Waals surface area contributed by atoms with E-state index in [-0.39, 0.29) is 16.8 Å². The molecule has 1 heterocycles. The summed E-state index contributed by atoms with van der Waals surface area (Å²) < 4.78 is 27.7. The van der Waals surface area contributed by atoms with Gasteiger partial charge in [-0.3, -0.25) is 9.78 Å². The molecule has 1 N–H and O–H groups in total. The van der Waals surface area contributed by atoms with Crippen LogP contribution in [0.2, 0.25) is 0 Å². The first kappa shape index (κ1) is 19.5. The van der Waals surface area contributed by atoms with Crippen LogP contribution < -0.4 is 4.72 Å². The van der Waals surface area contributed by atoms with Gasteiger partial charge in [-0.25, -0.2) is 13.1 Å². The topological polar surface area (TPSA) is 79.4 Å². The molecule has 1 amide bonds. The third-order valence-corrected chi connectivity index (χ3v) is 6.46. The molecule has 1 aromatic heterocycles. The van der Waals surface area contributed by atoms with E-state index in [0.717, 1.165) is 37.7 Å². The Morgan fingerprint density at radius 1 is 1.11 bits per heavy atom. The largest absolute Gasteiger partial charge is 0.341 e. The summed E-state index contributed by atoms with van der Waals surface area (Å²) in [5, 5.41) is 0. The van der Waals surface area contributed by atoms with Crippen molar-refractivity contribution in [1.29, 1.82) is 0 Å². The predicted octanol–water partition coefficient (Wildman–Crippen LogP) is 2.62. The minimum Gasteiger partial charge on any atom is -0.341 e. The maximum Gasteiger partial charge on any atom is 0.253 e. The first-order valence-corrected chi connectivity index (χ1v) is 10.7. The smallest absolute Gasteiger partial charge is 0.253 e. The molecule has 0 radical (unpaired) electrons. The van der Waals surface area contributed by atoms with Crippen LogP contribution in [0.3, 0.4) is 0 Å². The average Bonchev–Trinajstić information content (AvgIpc) is 3.18. The van der Waals surface area contributed by atoms with E-state index in [1.54, 1.807) is 36.5 Å². The van der Waals surface area contributed by atoms with Crippen LogP contribution in [0.5, 0.6) is 0 Å². The lowest BCUT2D eigenvalue weighted by molar-refractivity contribution is 0.0796. The van der Waals surface area contributed by atoms with Crippen LogP contribution in [0.1, 0.15) is 41.6 Å². The van der Waals surface area contributed by atoms with Crippen LogP contribution in [0.4, 0.5) is 0 Å². The van der Waals surface area contributed by atoms with Gasteiger partial charge >= 0.3 is 0 Å². The molecule has 0 aliphatic heterocycles. The van der Waals surface area contributed by atoms with Crippen molar-refractivity contribution in [1.82, 2.24) is 14.6 Å².